The average molecular weight is 351 g/mol. The molecule has 0 radical (unpaired) electrons. The van der Waals surface area contributed by atoms with E-state index in [0.29, 0.717) is 35.4 Å². The number of amides is 1. The highest BCUT2D eigenvalue weighted by Gasteiger charge is 2.30. The van der Waals surface area contributed by atoms with Gasteiger partial charge in [-0.05, 0) is 38.0 Å². The molecule has 1 aliphatic rings. The highest BCUT2D eigenvalue weighted by atomic mass is 19.4. The van der Waals surface area contributed by atoms with Crippen molar-refractivity contribution in [1.82, 2.24) is 0 Å². The summed E-state index contributed by atoms with van der Waals surface area (Å²) in [6, 6.07) is 4.80. The molecule has 1 amide bonds. The fraction of sp³-hybridized carbons (Fsp3) is 0.294. The predicted molar refractivity (Wildman–Crippen MR) is 86.5 cm³/mol. The molecule has 0 saturated carbocycles. The third kappa shape index (κ3) is 3.38. The summed E-state index contributed by atoms with van der Waals surface area (Å²) in [5.41, 5.74) is 9.38. The van der Waals surface area contributed by atoms with Crippen molar-refractivity contribution in [2.24, 2.45) is 10.8 Å². The van der Waals surface area contributed by atoms with Gasteiger partial charge in [0, 0.05) is 17.5 Å². The van der Waals surface area contributed by atoms with Crippen LogP contribution in [0.5, 0.6) is 0 Å². The molecule has 0 aliphatic heterocycles. The van der Waals surface area contributed by atoms with Crippen molar-refractivity contribution in [3.63, 3.8) is 0 Å². The molecule has 0 fully saturated rings. The van der Waals surface area contributed by atoms with E-state index in [0.717, 1.165) is 18.6 Å². The van der Waals surface area contributed by atoms with Gasteiger partial charge in [-0.25, -0.2) is 0 Å². The first-order valence-electron chi connectivity index (χ1n) is 7.69. The first-order valence-corrected chi connectivity index (χ1v) is 7.69. The number of nitrogens with zero attached hydrogens (tertiary/aromatic N) is 1. The molecule has 0 saturated heterocycles. The molecule has 3 rings (SSSR count). The maximum absolute atomic E-state index is 12.8. The molecule has 0 atom stereocenters. The van der Waals surface area contributed by atoms with Gasteiger partial charge in [0.1, 0.15) is 5.76 Å². The topological polar surface area (TPSA) is 80.6 Å². The smallest absolute Gasteiger partial charge is 0.416 e. The Morgan fingerprint density at radius 3 is 2.76 bits per heavy atom. The zero-order valence-electron chi connectivity index (χ0n) is 13.4. The van der Waals surface area contributed by atoms with Gasteiger partial charge in [0.2, 0.25) is 0 Å². The summed E-state index contributed by atoms with van der Waals surface area (Å²) in [6.45, 7) is 1.72. The van der Waals surface area contributed by atoms with Crippen LogP contribution in [0.4, 0.5) is 18.9 Å². The van der Waals surface area contributed by atoms with Gasteiger partial charge in [-0.2, -0.15) is 18.3 Å². The minimum atomic E-state index is -4.42. The number of carbonyl (C=O) groups is 1. The molecule has 1 aromatic heterocycles. The number of rotatable bonds is 3. The lowest BCUT2D eigenvalue weighted by Crippen LogP contribution is -2.14. The van der Waals surface area contributed by atoms with E-state index in [9.17, 15) is 18.0 Å². The van der Waals surface area contributed by atoms with Crippen LogP contribution in [0.25, 0.3) is 0 Å². The van der Waals surface area contributed by atoms with Crippen LogP contribution in [0, 0.1) is 6.92 Å². The number of alkyl halides is 3. The molecular formula is C17H16F3N3O2. The molecule has 0 bridgehead atoms. The zero-order valence-corrected chi connectivity index (χ0v) is 13.4. The Balaban J connectivity index is 1.91. The highest BCUT2D eigenvalue weighted by molar-refractivity contribution is 6.06. The molecule has 8 heteroatoms. The van der Waals surface area contributed by atoms with Crippen molar-refractivity contribution >= 4 is 17.3 Å². The minimum Gasteiger partial charge on any atom is -0.455 e. The van der Waals surface area contributed by atoms with Crippen LogP contribution in [0.3, 0.4) is 0 Å². The number of furan rings is 1. The maximum atomic E-state index is 12.8. The van der Waals surface area contributed by atoms with Crippen molar-refractivity contribution in [3.05, 3.63) is 52.5 Å². The number of aryl methyl sites for hydroxylation is 1. The van der Waals surface area contributed by atoms with Gasteiger partial charge in [0.15, 0.2) is 5.76 Å². The number of halogens is 3. The van der Waals surface area contributed by atoms with Gasteiger partial charge < -0.3 is 10.2 Å². The maximum Gasteiger partial charge on any atom is 0.416 e. The fourth-order valence-corrected chi connectivity index (χ4v) is 2.91. The Labute approximate surface area is 141 Å². The number of nitrogens with one attached hydrogen (secondary N) is 1. The standard InChI is InChI=1S/C17H16F3N3O2/c1-9-14-12(6-3-7-13(14)25-15(9)16(21)24)23-22-11-5-2-4-10(8-11)17(18,19)20/h2,4-5,8,22H,3,6-7H2,1H3,(H2,21,24)/b23-12+. The molecule has 1 aromatic carbocycles. The van der Waals surface area contributed by atoms with E-state index in [1.54, 1.807) is 6.92 Å². The van der Waals surface area contributed by atoms with Crippen molar-refractivity contribution in [3.8, 4) is 0 Å². The summed E-state index contributed by atoms with van der Waals surface area (Å²) in [6.07, 6.45) is -2.37. The van der Waals surface area contributed by atoms with Gasteiger partial charge in [-0.1, -0.05) is 6.07 Å². The second kappa shape index (κ2) is 6.27. The quantitative estimate of drug-likeness (QED) is 0.824. The normalized spacial score (nSPS) is 15.9. The summed E-state index contributed by atoms with van der Waals surface area (Å²) in [5, 5.41) is 4.24. The highest BCUT2D eigenvalue weighted by Crippen LogP contribution is 2.32. The number of primary amides is 1. The summed E-state index contributed by atoms with van der Waals surface area (Å²) in [5.74, 6) is 0.0675. The lowest BCUT2D eigenvalue weighted by molar-refractivity contribution is -0.137. The van der Waals surface area contributed by atoms with Crippen molar-refractivity contribution in [1.29, 1.82) is 0 Å². The van der Waals surface area contributed by atoms with Crippen LogP contribution < -0.4 is 11.2 Å². The van der Waals surface area contributed by atoms with Crippen LogP contribution >= 0.6 is 0 Å². The molecule has 1 aliphatic carbocycles. The molecule has 132 valence electrons. The summed E-state index contributed by atoms with van der Waals surface area (Å²) < 4.78 is 43.8. The van der Waals surface area contributed by atoms with Crippen molar-refractivity contribution < 1.29 is 22.4 Å². The van der Waals surface area contributed by atoms with Crippen LogP contribution in [-0.4, -0.2) is 11.6 Å². The Morgan fingerprint density at radius 1 is 1.32 bits per heavy atom. The molecule has 3 N–H and O–H groups in total. The van der Waals surface area contributed by atoms with Gasteiger partial charge in [-0.3, -0.25) is 10.2 Å². The minimum absolute atomic E-state index is 0.0960. The summed E-state index contributed by atoms with van der Waals surface area (Å²) in [7, 11) is 0. The van der Waals surface area contributed by atoms with E-state index in [1.165, 1.54) is 12.1 Å². The lowest BCUT2D eigenvalue weighted by atomic mass is 9.93. The molecule has 0 unspecified atom stereocenters. The van der Waals surface area contributed by atoms with Crippen molar-refractivity contribution in [2.75, 3.05) is 5.43 Å². The molecule has 2 aromatic rings. The molecule has 1 heterocycles. The van der Waals surface area contributed by atoms with E-state index in [1.807, 2.05) is 0 Å². The molecule has 5 nitrogen and oxygen atoms in total. The first kappa shape index (κ1) is 17.1. The number of hydrazone groups is 1. The number of carbonyl (C=O) groups excluding carboxylic acids is 1. The van der Waals surface area contributed by atoms with E-state index in [4.69, 9.17) is 10.2 Å². The largest absolute Gasteiger partial charge is 0.455 e. The molecular weight excluding hydrogens is 335 g/mol. The van der Waals surface area contributed by atoms with Gasteiger partial charge in [-0.15, -0.1) is 0 Å². The third-order valence-corrected chi connectivity index (χ3v) is 4.06. The number of hydrogen-bond acceptors (Lipinski definition) is 4. The number of benzene rings is 1. The van der Waals surface area contributed by atoms with E-state index in [-0.39, 0.29) is 11.4 Å². The summed E-state index contributed by atoms with van der Waals surface area (Å²) >= 11 is 0. The lowest BCUT2D eigenvalue weighted by Gasteiger charge is -2.14. The van der Waals surface area contributed by atoms with Crippen molar-refractivity contribution in [2.45, 2.75) is 32.4 Å². The first-order chi connectivity index (χ1) is 11.8. The molecule has 0 spiro atoms. The average Bonchev–Trinajstić information content (AvgIpc) is 2.90. The van der Waals surface area contributed by atoms with Gasteiger partial charge in [0.25, 0.3) is 5.91 Å². The monoisotopic (exact) mass is 351 g/mol. The Morgan fingerprint density at radius 2 is 2.08 bits per heavy atom. The second-order valence-corrected chi connectivity index (χ2v) is 5.82. The third-order valence-electron chi connectivity index (χ3n) is 4.06. The second-order valence-electron chi connectivity index (χ2n) is 5.82. The van der Waals surface area contributed by atoms with Gasteiger partial charge >= 0.3 is 6.18 Å². The zero-order chi connectivity index (χ0) is 18.2. The summed E-state index contributed by atoms with van der Waals surface area (Å²) in [4.78, 5) is 11.4. The van der Waals surface area contributed by atoms with E-state index in [2.05, 4.69) is 10.5 Å². The van der Waals surface area contributed by atoms with Gasteiger partial charge in [0.05, 0.1) is 17.0 Å². The number of hydrogen-bond donors (Lipinski definition) is 2. The molecule has 25 heavy (non-hydrogen) atoms. The SMILES string of the molecule is Cc1c(C(N)=O)oc2c1/C(=N/Nc1cccc(C(F)(F)F)c1)CCC2. The van der Waals surface area contributed by atoms with E-state index < -0.39 is 17.6 Å². The Hall–Kier alpha value is -2.77. The number of nitrogens with two attached hydrogens (primary N) is 1. The van der Waals surface area contributed by atoms with Crippen LogP contribution in [-0.2, 0) is 12.6 Å². The van der Waals surface area contributed by atoms with Crippen LogP contribution in [0.2, 0.25) is 0 Å². The Bertz CT molecular complexity index is 853. The van der Waals surface area contributed by atoms with E-state index >= 15 is 0 Å². The number of anilines is 1. The van der Waals surface area contributed by atoms with Crippen LogP contribution in [0.15, 0.2) is 33.8 Å². The van der Waals surface area contributed by atoms with Crippen LogP contribution in [0.1, 0.15) is 45.8 Å². The Kier molecular flexibility index (Phi) is 4.28. The predicted octanol–water partition coefficient (Wildman–Crippen LogP) is 3.86. The number of fused-ring (bicyclic) bond motifs is 1. The fourth-order valence-electron chi connectivity index (χ4n) is 2.91.